The van der Waals surface area contributed by atoms with E-state index < -0.39 is 0 Å². The van der Waals surface area contributed by atoms with E-state index in [-0.39, 0.29) is 5.56 Å². The summed E-state index contributed by atoms with van der Waals surface area (Å²) in [7, 11) is 1.59. The SMILES string of the molecule is COc1ccc2c(Nc3c(Cl)cncc3Cl)cc(=O)[nH]c2c1OCCCCCCN1CCCNCC1. The fourth-order valence-corrected chi connectivity index (χ4v) is 4.90. The van der Waals surface area contributed by atoms with E-state index >= 15 is 0 Å². The van der Waals surface area contributed by atoms with Crippen LogP contribution in [0.15, 0.2) is 35.4 Å². The first-order chi connectivity index (χ1) is 17.6. The third-order valence-corrected chi connectivity index (χ3v) is 6.89. The molecule has 0 amide bonds. The lowest BCUT2D eigenvalue weighted by molar-refractivity contribution is 0.273. The molecule has 3 heterocycles. The molecule has 0 radical (unpaired) electrons. The standard InChI is InChI=1S/C26H33Cl2N5O3/c1-35-22-8-7-18-21(31-25-19(27)16-30-17-20(25)28)15-23(34)32-24(18)26(22)36-14-5-3-2-4-11-33-12-6-9-29-10-13-33/h7-8,15-17,29H,2-6,9-14H2,1H3,(H2,30,31,32,34). The van der Waals surface area contributed by atoms with Crippen molar-refractivity contribution in [3.8, 4) is 11.5 Å². The fraction of sp³-hybridized carbons (Fsp3) is 0.462. The molecule has 4 rings (SSSR count). The molecule has 194 valence electrons. The van der Waals surface area contributed by atoms with Gasteiger partial charge in [-0.1, -0.05) is 36.0 Å². The fourth-order valence-electron chi connectivity index (χ4n) is 4.44. The molecule has 1 saturated heterocycles. The van der Waals surface area contributed by atoms with E-state index in [0.29, 0.717) is 45.0 Å². The molecule has 1 fully saturated rings. The summed E-state index contributed by atoms with van der Waals surface area (Å²) in [6.45, 7) is 6.22. The highest BCUT2D eigenvalue weighted by Crippen LogP contribution is 2.39. The zero-order chi connectivity index (χ0) is 25.3. The lowest BCUT2D eigenvalue weighted by Crippen LogP contribution is -2.29. The Hall–Kier alpha value is -2.52. The van der Waals surface area contributed by atoms with Crippen molar-refractivity contribution in [3.05, 3.63) is 51.0 Å². The Bertz CT molecular complexity index is 1190. The van der Waals surface area contributed by atoms with E-state index in [9.17, 15) is 4.79 Å². The molecule has 2 aromatic heterocycles. The molecule has 0 unspecified atom stereocenters. The maximum absolute atomic E-state index is 12.5. The molecule has 1 aromatic carbocycles. The van der Waals surface area contributed by atoms with Crippen molar-refractivity contribution in [3.63, 3.8) is 0 Å². The van der Waals surface area contributed by atoms with Crippen molar-refractivity contribution >= 4 is 45.5 Å². The van der Waals surface area contributed by atoms with Crippen LogP contribution >= 0.6 is 23.2 Å². The quantitative estimate of drug-likeness (QED) is 0.291. The number of benzene rings is 1. The van der Waals surface area contributed by atoms with Gasteiger partial charge in [0.1, 0.15) is 0 Å². The second-order valence-electron chi connectivity index (χ2n) is 8.88. The minimum Gasteiger partial charge on any atom is -0.493 e. The van der Waals surface area contributed by atoms with Crippen LogP contribution in [0.5, 0.6) is 11.5 Å². The minimum absolute atomic E-state index is 0.284. The highest BCUT2D eigenvalue weighted by atomic mass is 35.5. The van der Waals surface area contributed by atoms with Crippen molar-refractivity contribution in [2.75, 3.05) is 51.8 Å². The molecule has 0 spiro atoms. The van der Waals surface area contributed by atoms with Gasteiger partial charge >= 0.3 is 0 Å². The summed E-state index contributed by atoms with van der Waals surface area (Å²) >= 11 is 12.6. The van der Waals surface area contributed by atoms with Crippen LogP contribution in [-0.2, 0) is 0 Å². The number of methoxy groups -OCH3 is 1. The number of anilines is 2. The maximum Gasteiger partial charge on any atom is 0.250 e. The minimum atomic E-state index is -0.284. The molecular formula is C26H33Cl2N5O3. The summed E-state index contributed by atoms with van der Waals surface area (Å²) in [6, 6.07) is 5.15. The van der Waals surface area contributed by atoms with Crippen LogP contribution in [-0.4, -0.2) is 61.3 Å². The lowest BCUT2D eigenvalue weighted by atomic mass is 10.1. The molecule has 3 aromatic rings. The van der Waals surface area contributed by atoms with Gasteiger partial charge in [0, 0.05) is 36.9 Å². The molecule has 0 saturated carbocycles. The number of hydrogen-bond acceptors (Lipinski definition) is 7. The second kappa shape index (κ2) is 13.1. The van der Waals surface area contributed by atoms with Gasteiger partial charge in [-0.05, 0) is 51.0 Å². The van der Waals surface area contributed by atoms with E-state index in [0.717, 1.165) is 50.8 Å². The first kappa shape index (κ1) is 26.5. The summed E-state index contributed by atoms with van der Waals surface area (Å²) in [6.07, 6.45) is 8.58. The van der Waals surface area contributed by atoms with E-state index in [2.05, 4.69) is 25.5 Å². The molecule has 10 heteroatoms. The number of ether oxygens (including phenoxy) is 2. The van der Waals surface area contributed by atoms with E-state index in [4.69, 9.17) is 32.7 Å². The Morgan fingerprint density at radius 3 is 2.69 bits per heavy atom. The number of rotatable bonds is 11. The third kappa shape index (κ3) is 6.82. The number of unbranched alkanes of at least 4 members (excludes halogenated alkanes) is 3. The number of fused-ring (bicyclic) bond motifs is 1. The number of pyridine rings is 2. The van der Waals surface area contributed by atoms with Gasteiger partial charge in [0.25, 0.3) is 5.56 Å². The molecule has 0 bridgehead atoms. The number of nitrogens with zero attached hydrogens (tertiary/aromatic N) is 2. The van der Waals surface area contributed by atoms with Crippen molar-refractivity contribution in [1.29, 1.82) is 0 Å². The average Bonchev–Trinajstić information content (AvgIpc) is 3.14. The first-order valence-electron chi connectivity index (χ1n) is 12.4. The Morgan fingerprint density at radius 2 is 1.89 bits per heavy atom. The Morgan fingerprint density at radius 1 is 1.08 bits per heavy atom. The van der Waals surface area contributed by atoms with Crippen LogP contribution in [0.3, 0.4) is 0 Å². The summed E-state index contributed by atoms with van der Waals surface area (Å²) in [5.41, 5.74) is 1.31. The van der Waals surface area contributed by atoms with E-state index in [1.807, 2.05) is 12.1 Å². The summed E-state index contributed by atoms with van der Waals surface area (Å²) in [5, 5.41) is 8.09. The number of nitrogens with one attached hydrogen (secondary N) is 3. The van der Waals surface area contributed by atoms with Crippen molar-refractivity contribution in [2.45, 2.75) is 32.1 Å². The number of halogens is 2. The molecule has 0 atom stereocenters. The first-order valence-corrected chi connectivity index (χ1v) is 13.2. The number of aromatic amines is 1. The van der Waals surface area contributed by atoms with Crippen LogP contribution in [0, 0.1) is 0 Å². The largest absolute Gasteiger partial charge is 0.493 e. The zero-order valence-electron chi connectivity index (χ0n) is 20.5. The van der Waals surface area contributed by atoms with Gasteiger partial charge in [-0.15, -0.1) is 0 Å². The van der Waals surface area contributed by atoms with Crippen molar-refractivity contribution in [1.82, 2.24) is 20.2 Å². The summed E-state index contributed by atoms with van der Waals surface area (Å²) in [4.78, 5) is 22.0. The van der Waals surface area contributed by atoms with Gasteiger partial charge < -0.3 is 30.0 Å². The van der Waals surface area contributed by atoms with Crippen LogP contribution in [0.25, 0.3) is 10.9 Å². The molecular weight excluding hydrogens is 501 g/mol. The Balaban J connectivity index is 1.41. The number of H-pyrrole nitrogens is 1. The molecule has 1 aliphatic heterocycles. The molecule has 0 aliphatic carbocycles. The normalized spacial score (nSPS) is 14.5. The molecule has 1 aliphatic rings. The van der Waals surface area contributed by atoms with Crippen LogP contribution < -0.4 is 25.7 Å². The highest BCUT2D eigenvalue weighted by molar-refractivity contribution is 6.39. The van der Waals surface area contributed by atoms with Gasteiger partial charge in [0.05, 0.1) is 40.7 Å². The van der Waals surface area contributed by atoms with Crippen molar-refractivity contribution < 1.29 is 9.47 Å². The summed E-state index contributed by atoms with van der Waals surface area (Å²) in [5.74, 6) is 1.07. The van der Waals surface area contributed by atoms with Gasteiger partial charge in [0.15, 0.2) is 11.5 Å². The zero-order valence-corrected chi connectivity index (χ0v) is 22.1. The predicted octanol–water partition coefficient (Wildman–Crippen LogP) is 5.22. The monoisotopic (exact) mass is 533 g/mol. The second-order valence-corrected chi connectivity index (χ2v) is 9.69. The lowest BCUT2D eigenvalue weighted by Gasteiger charge is -2.19. The van der Waals surface area contributed by atoms with E-state index in [1.165, 1.54) is 37.8 Å². The van der Waals surface area contributed by atoms with Gasteiger partial charge in [-0.2, -0.15) is 0 Å². The smallest absolute Gasteiger partial charge is 0.250 e. The van der Waals surface area contributed by atoms with Gasteiger partial charge in [-0.3, -0.25) is 9.78 Å². The Kier molecular flexibility index (Phi) is 9.69. The Labute approximate surface area is 221 Å². The average molecular weight is 534 g/mol. The topological polar surface area (TPSA) is 91.5 Å². The molecule has 3 N–H and O–H groups in total. The van der Waals surface area contributed by atoms with Crippen LogP contribution in [0.4, 0.5) is 11.4 Å². The van der Waals surface area contributed by atoms with Crippen molar-refractivity contribution in [2.24, 2.45) is 0 Å². The number of hydrogen-bond donors (Lipinski definition) is 3. The molecule has 8 nitrogen and oxygen atoms in total. The van der Waals surface area contributed by atoms with Crippen LogP contribution in [0.1, 0.15) is 32.1 Å². The van der Waals surface area contributed by atoms with Gasteiger partial charge in [-0.25, -0.2) is 0 Å². The van der Waals surface area contributed by atoms with Crippen LogP contribution in [0.2, 0.25) is 10.0 Å². The maximum atomic E-state index is 12.5. The summed E-state index contributed by atoms with van der Waals surface area (Å²) < 4.78 is 11.7. The highest BCUT2D eigenvalue weighted by Gasteiger charge is 2.16. The van der Waals surface area contributed by atoms with Gasteiger partial charge in [0.2, 0.25) is 0 Å². The number of aromatic nitrogens is 2. The predicted molar refractivity (Wildman–Crippen MR) is 147 cm³/mol. The molecule has 36 heavy (non-hydrogen) atoms. The van der Waals surface area contributed by atoms with E-state index in [1.54, 1.807) is 7.11 Å². The third-order valence-electron chi connectivity index (χ3n) is 6.32.